The van der Waals surface area contributed by atoms with E-state index in [1.54, 1.807) is 42.7 Å². The van der Waals surface area contributed by atoms with Crippen LogP contribution in [0.15, 0.2) is 36.7 Å². The van der Waals surface area contributed by atoms with Crippen molar-refractivity contribution >= 4 is 0 Å². The van der Waals surface area contributed by atoms with Gasteiger partial charge >= 0.3 is 0 Å². The molecule has 1 heterocycles. The number of methoxy groups -OCH3 is 6. The van der Waals surface area contributed by atoms with E-state index in [1.165, 1.54) is 6.33 Å². The SMILES string of the molecule is COc1cc(-c2cc(-c3cc(OC)c(OC)c(OC)c3)ncn2)cc(OC)c1OC. The lowest BCUT2D eigenvalue weighted by Crippen LogP contribution is -1.98. The van der Waals surface area contributed by atoms with E-state index in [1.807, 2.05) is 30.3 Å². The van der Waals surface area contributed by atoms with Crippen LogP contribution in [0.3, 0.4) is 0 Å². The van der Waals surface area contributed by atoms with Crippen molar-refractivity contribution in [1.29, 1.82) is 0 Å². The van der Waals surface area contributed by atoms with Gasteiger partial charge in [-0.15, -0.1) is 0 Å². The molecule has 0 fully saturated rings. The first-order valence-electron chi connectivity index (χ1n) is 9.02. The summed E-state index contributed by atoms with van der Waals surface area (Å²) in [7, 11) is 9.41. The Hall–Kier alpha value is -3.68. The minimum absolute atomic E-state index is 0.516. The van der Waals surface area contributed by atoms with Crippen molar-refractivity contribution in [3.05, 3.63) is 36.7 Å². The van der Waals surface area contributed by atoms with Crippen LogP contribution < -0.4 is 28.4 Å². The van der Waals surface area contributed by atoms with E-state index in [0.717, 1.165) is 11.1 Å². The van der Waals surface area contributed by atoms with Crippen molar-refractivity contribution in [2.24, 2.45) is 0 Å². The van der Waals surface area contributed by atoms with Gasteiger partial charge < -0.3 is 28.4 Å². The monoisotopic (exact) mass is 412 g/mol. The third kappa shape index (κ3) is 3.89. The van der Waals surface area contributed by atoms with Crippen LogP contribution in [-0.4, -0.2) is 52.6 Å². The highest BCUT2D eigenvalue weighted by Gasteiger charge is 2.17. The van der Waals surface area contributed by atoms with Crippen molar-refractivity contribution in [2.45, 2.75) is 0 Å². The highest BCUT2D eigenvalue weighted by molar-refractivity contribution is 5.74. The third-order valence-corrected chi connectivity index (χ3v) is 4.59. The van der Waals surface area contributed by atoms with Crippen molar-refractivity contribution in [3.63, 3.8) is 0 Å². The Labute approximate surface area is 175 Å². The maximum absolute atomic E-state index is 5.45. The molecule has 1 aromatic heterocycles. The molecule has 0 saturated carbocycles. The molecule has 0 aliphatic heterocycles. The van der Waals surface area contributed by atoms with Gasteiger partial charge in [-0.1, -0.05) is 0 Å². The lowest BCUT2D eigenvalue weighted by molar-refractivity contribution is 0.324. The van der Waals surface area contributed by atoms with Crippen molar-refractivity contribution in [2.75, 3.05) is 42.7 Å². The van der Waals surface area contributed by atoms with Gasteiger partial charge in [0.25, 0.3) is 0 Å². The number of nitrogens with zero attached hydrogens (tertiary/aromatic N) is 2. The van der Waals surface area contributed by atoms with Gasteiger partial charge in [-0.25, -0.2) is 9.97 Å². The maximum atomic E-state index is 5.45. The average molecular weight is 412 g/mol. The Morgan fingerprint density at radius 2 is 0.800 bits per heavy atom. The Balaban J connectivity index is 2.12. The fourth-order valence-corrected chi connectivity index (χ4v) is 3.13. The minimum Gasteiger partial charge on any atom is -0.493 e. The molecule has 0 unspecified atom stereocenters. The fourth-order valence-electron chi connectivity index (χ4n) is 3.13. The topological polar surface area (TPSA) is 81.2 Å². The molecule has 0 saturated heterocycles. The lowest BCUT2D eigenvalue weighted by atomic mass is 10.1. The molecule has 158 valence electrons. The highest BCUT2D eigenvalue weighted by atomic mass is 16.5. The normalized spacial score (nSPS) is 10.3. The fraction of sp³-hybridized carbons (Fsp3) is 0.273. The van der Waals surface area contributed by atoms with Gasteiger partial charge in [0.05, 0.1) is 54.0 Å². The molecule has 2 aromatic carbocycles. The molecular formula is C22H24N2O6. The van der Waals surface area contributed by atoms with Gasteiger partial charge in [0.1, 0.15) is 6.33 Å². The van der Waals surface area contributed by atoms with Crippen molar-refractivity contribution < 1.29 is 28.4 Å². The van der Waals surface area contributed by atoms with Crippen molar-refractivity contribution in [3.8, 4) is 57.0 Å². The quantitative estimate of drug-likeness (QED) is 0.552. The van der Waals surface area contributed by atoms with Crippen LogP contribution in [0.2, 0.25) is 0 Å². The summed E-state index contributed by atoms with van der Waals surface area (Å²) in [6, 6.07) is 9.21. The maximum Gasteiger partial charge on any atom is 0.203 e. The first kappa shape index (κ1) is 21.0. The largest absolute Gasteiger partial charge is 0.493 e. The van der Waals surface area contributed by atoms with E-state index in [0.29, 0.717) is 45.9 Å². The number of rotatable bonds is 8. The Kier molecular flexibility index (Phi) is 6.46. The van der Waals surface area contributed by atoms with E-state index in [9.17, 15) is 0 Å². The van der Waals surface area contributed by atoms with Crippen LogP contribution in [-0.2, 0) is 0 Å². The second-order valence-corrected chi connectivity index (χ2v) is 6.12. The van der Waals surface area contributed by atoms with Crippen LogP contribution in [0.1, 0.15) is 0 Å². The first-order valence-corrected chi connectivity index (χ1v) is 9.02. The van der Waals surface area contributed by atoms with E-state index >= 15 is 0 Å². The summed E-state index contributed by atoms with van der Waals surface area (Å²) in [5, 5.41) is 0. The number of hydrogen-bond donors (Lipinski definition) is 0. The van der Waals surface area contributed by atoms with Crippen LogP contribution >= 0.6 is 0 Å². The van der Waals surface area contributed by atoms with Crippen LogP contribution in [0.4, 0.5) is 0 Å². The minimum atomic E-state index is 0.516. The molecule has 0 N–H and O–H groups in total. The summed E-state index contributed by atoms with van der Waals surface area (Å²) in [5.41, 5.74) is 2.96. The zero-order valence-electron chi connectivity index (χ0n) is 17.8. The van der Waals surface area contributed by atoms with Crippen LogP contribution in [0.5, 0.6) is 34.5 Å². The molecular weight excluding hydrogens is 388 g/mol. The van der Waals surface area contributed by atoms with Gasteiger partial charge in [-0.3, -0.25) is 0 Å². The molecule has 30 heavy (non-hydrogen) atoms. The molecule has 0 amide bonds. The summed E-state index contributed by atoms with van der Waals surface area (Å²) in [4.78, 5) is 8.82. The summed E-state index contributed by atoms with van der Waals surface area (Å²) in [6.45, 7) is 0. The van der Waals surface area contributed by atoms with Crippen molar-refractivity contribution in [1.82, 2.24) is 9.97 Å². The summed E-state index contributed by atoms with van der Waals surface area (Å²) in [6.07, 6.45) is 1.50. The van der Waals surface area contributed by atoms with Crippen LogP contribution in [0.25, 0.3) is 22.5 Å². The summed E-state index contributed by atoms with van der Waals surface area (Å²) in [5.74, 6) is 3.20. The molecule has 3 rings (SSSR count). The molecule has 0 atom stereocenters. The van der Waals surface area contributed by atoms with E-state index < -0.39 is 0 Å². The van der Waals surface area contributed by atoms with E-state index in [2.05, 4.69) is 9.97 Å². The van der Waals surface area contributed by atoms with Gasteiger partial charge in [0.2, 0.25) is 11.5 Å². The van der Waals surface area contributed by atoms with Gasteiger partial charge in [0.15, 0.2) is 23.0 Å². The average Bonchev–Trinajstić information content (AvgIpc) is 2.81. The lowest BCUT2D eigenvalue weighted by Gasteiger charge is -2.15. The van der Waals surface area contributed by atoms with Crippen LogP contribution in [0, 0.1) is 0 Å². The number of aromatic nitrogens is 2. The predicted octanol–water partition coefficient (Wildman–Crippen LogP) is 3.86. The van der Waals surface area contributed by atoms with Gasteiger partial charge in [0, 0.05) is 11.1 Å². The molecule has 0 aliphatic rings. The Morgan fingerprint density at radius 1 is 0.467 bits per heavy atom. The summed E-state index contributed by atoms with van der Waals surface area (Å²) >= 11 is 0. The second kappa shape index (κ2) is 9.21. The van der Waals surface area contributed by atoms with Gasteiger partial charge in [-0.05, 0) is 30.3 Å². The Morgan fingerprint density at radius 3 is 1.07 bits per heavy atom. The first-order chi connectivity index (χ1) is 14.6. The Bertz CT molecular complexity index is 909. The molecule has 0 aliphatic carbocycles. The van der Waals surface area contributed by atoms with Gasteiger partial charge in [-0.2, -0.15) is 0 Å². The summed E-state index contributed by atoms with van der Waals surface area (Å²) < 4.78 is 32.6. The third-order valence-electron chi connectivity index (χ3n) is 4.59. The molecule has 3 aromatic rings. The molecule has 0 bridgehead atoms. The predicted molar refractivity (Wildman–Crippen MR) is 112 cm³/mol. The highest BCUT2D eigenvalue weighted by Crippen LogP contribution is 2.43. The second-order valence-electron chi connectivity index (χ2n) is 6.12. The molecule has 8 heteroatoms. The van der Waals surface area contributed by atoms with E-state index in [-0.39, 0.29) is 0 Å². The molecule has 0 spiro atoms. The molecule has 8 nitrogen and oxygen atoms in total. The van der Waals surface area contributed by atoms with E-state index in [4.69, 9.17) is 28.4 Å². The smallest absolute Gasteiger partial charge is 0.203 e. The zero-order valence-corrected chi connectivity index (χ0v) is 17.8. The number of benzene rings is 2. The standard InChI is InChI=1S/C22H24N2O6/c1-25-17-7-13(8-18(26-2)21(17)29-5)15-11-16(24-12-23-15)14-9-19(27-3)22(30-6)20(10-14)28-4/h7-12H,1-6H3. The number of ether oxygens (including phenoxy) is 6. The zero-order chi connectivity index (χ0) is 21.7. The molecule has 0 radical (unpaired) electrons. The number of hydrogen-bond acceptors (Lipinski definition) is 8.